The van der Waals surface area contributed by atoms with Gasteiger partial charge in [0.1, 0.15) is 0 Å². The van der Waals surface area contributed by atoms with Crippen molar-refractivity contribution >= 4 is 5.97 Å². The maximum atomic E-state index is 10.9. The second-order valence-electron chi connectivity index (χ2n) is 3.19. The van der Waals surface area contributed by atoms with Crippen molar-refractivity contribution in [2.24, 2.45) is 0 Å². The molecule has 3 nitrogen and oxygen atoms in total. The van der Waals surface area contributed by atoms with Crippen LogP contribution in [0.15, 0.2) is 18.2 Å². The van der Waals surface area contributed by atoms with Crippen LogP contribution >= 0.6 is 0 Å². The van der Waals surface area contributed by atoms with Crippen molar-refractivity contribution in [2.75, 3.05) is 13.6 Å². The van der Waals surface area contributed by atoms with Gasteiger partial charge in [-0.15, -0.1) is 0 Å². The topological polar surface area (TPSA) is 49.3 Å². The molecule has 1 aromatic rings. The first-order valence-corrected chi connectivity index (χ1v) is 4.62. The van der Waals surface area contributed by atoms with Gasteiger partial charge in [0, 0.05) is 5.56 Å². The maximum absolute atomic E-state index is 10.9. The van der Waals surface area contributed by atoms with Crippen molar-refractivity contribution in [3.8, 4) is 11.8 Å². The van der Waals surface area contributed by atoms with E-state index in [1.807, 2.05) is 6.92 Å². The molecule has 0 aliphatic rings. The SMILES string of the molecule is CNCC#Cc1cc(C)ccc1C(=O)O. The van der Waals surface area contributed by atoms with Gasteiger partial charge < -0.3 is 10.4 Å². The third kappa shape index (κ3) is 3.12. The highest BCUT2D eigenvalue weighted by atomic mass is 16.4. The zero-order chi connectivity index (χ0) is 11.3. The lowest BCUT2D eigenvalue weighted by Crippen LogP contribution is -2.05. The summed E-state index contributed by atoms with van der Waals surface area (Å²) < 4.78 is 0. The minimum Gasteiger partial charge on any atom is -0.478 e. The lowest BCUT2D eigenvalue weighted by Gasteiger charge is -2.00. The fraction of sp³-hybridized carbons (Fsp3) is 0.250. The number of carboxylic acid groups (broad SMARTS) is 1. The second-order valence-corrected chi connectivity index (χ2v) is 3.19. The van der Waals surface area contributed by atoms with Crippen LogP contribution < -0.4 is 5.32 Å². The van der Waals surface area contributed by atoms with Crippen LogP contribution in [-0.4, -0.2) is 24.7 Å². The van der Waals surface area contributed by atoms with Crippen molar-refractivity contribution in [2.45, 2.75) is 6.92 Å². The van der Waals surface area contributed by atoms with Gasteiger partial charge in [-0.25, -0.2) is 4.79 Å². The van der Waals surface area contributed by atoms with E-state index in [1.165, 1.54) is 0 Å². The Morgan fingerprint density at radius 1 is 1.53 bits per heavy atom. The quantitative estimate of drug-likeness (QED) is 0.711. The van der Waals surface area contributed by atoms with E-state index in [2.05, 4.69) is 17.2 Å². The van der Waals surface area contributed by atoms with Crippen LogP contribution in [0.2, 0.25) is 0 Å². The Hall–Kier alpha value is -1.79. The monoisotopic (exact) mass is 203 g/mol. The number of benzene rings is 1. The molecule has 0 atom stereocenters. The summed E-state index contributed by atoms with van der Waals surface area (Å²) in [6.07, 6.45) is 0. The summed E-state index contributed by atoms with van der Waals surface area (Å²) in [5.74, 6) is 4.75. The van der Waals surface area contributed by atoms with E-state index >= 15 is 0 Å². The van der Waals surface area contributed by atoms with E-state index in [0.717, 1.165) is 5.56 Å². The Morgan fingerprint density at radius 2 is 2.27 bits per heavy atom. The van der Waals surface area contributed by atoms with Crippen molar-refractivity contribution in [3.05, 3.63) is 34.9 Å². The molecule has 1 rings (SSSR count). The zero-order valence-electron chi connectivity index (χ0n) is 8.79. The van der Waals surface area contributed by atoms with Gasteiger partial charge in [-0.2, -0.15) is 0 Å². The number of hydrogen-bond donors (Lipinski definition) is 2. The highest BCUT2D eigenvalue weighted by molar-refractivity contribution is 5.90. The molecule has 0 spiro atoms. The lowest BCUT2D eigenvalue weighted by molar-refractivity contribution is 0.0696. The van der Waals surface area contributed by atoms with Gasteiger partial charge in [-0.05, 0) is 31.7 Å². The first kappa shape index (κ1) is 11.3. The fourth-order valence-corrected chi connectivity index (χ4v) is 1.18. The maximum Gasteiger partial charge on any atom is 0.336 e. The van der Waals surface area contributed by atoms with Crippen LogP contribution in [0.1, 0.15) is 21.5 Å². The Kier molecular flexibility index (Phi) is 3.90. The second kappa shape index (κ2) is 5.18. The van der Waals surface area contributed by atoms with Crippen molar-refractivity contribution < 1.29 is 9.90 Å². The van der Waals surface area contributed by atoms with Crippen molar-refractivity contribution in [1.82, 2.24) is 5.32 Å². The molecule has 0 fully saturated rings. The number of nitrogens with one attached hydrogen (secondary N) is 1. The molecule has 0 saturated carbocycles. The third-order valence-electron chi connectivity index (χ3n) is 1.89. The third-order valence-corrected chi connectivity index (χ3v) is 1.89. The molecule has 0 aromatic heterocycles. The highest BCUT2D eigenvalue weighted by Gasteiger charge is 2.07. The van der Waals surface area contributed by atoms with Gasteiger partial charge in [-0.1, -0.05) is 17.9 Å². The molecule has 1 aromatic carbocycles. The molecule has 0 aliphatic heterocycles. The largest absolute Gasteiger partial charge is 0.478 e. The van der Waals surface area contributed by atoms with Crippen LogP contribution in [0.4, 0.5) is 0 Å². The summed E-state index contributed by atoms with van der Waals surface area (Å²) in [6, 6.07) is 5.14. The van der Waals surface area contributed by atoms with Gasteiger partial charge in [-0.3, -0.25) is 0 Å². The Balaban J connectivity index is 3.09. The summed E-state index contributed by atoms with van der Waals surface area (Å²) in [5.41, 5.74) is 1.83. The number of aromatic carboxylic acids is 1. The lowest BCUT2D eigenvalue weighted by atomic mass is 10.1. The first-order valence-electron chi connectivity index (χ1n) is 4.62. The van der Waals surface area contributed by atoms with Crippen LogP contribution in [0.5, 0.6) is 0 Å². The number of aryl methyl sites for hydroxylation is 1. The van der Waals surface area contributed by atoms with E-state index in [4.69, 9.17) is 5.11 Å². The minimum absolute atomic E-state index is 0.254. The number of rotatable bonds is 2. The molecule has 3 heteroatoms. The molecule has 0 bridgehead atoms. The zero-order valence-corrected chi connectivity index (χ0v) is 8.79. The Bertz CT molecular complexity index is 427. The molecular weight excluding hydrogens is 190 g/mol. The van der Waals surface area contributed by atoms with Gasteiger partial charge in [0.2, 0.25) is 0 Å². The van der Waals surface area contributed by atoms with Crippen molar-refractivity contribution in [3.63, 3.8) is 0 Å². The molecule has 78 valence electrons. The predicted octanol–water partition coefficient (Wildman–Crippen LogP) is 1.26. The van der Waals surface area contributed by atoms with Crippen LogP contribution in [0.25, 0.3) is 0 Å². The molecule has 0 aliphatic carbocycles. The molecule has 0 unspecified atom stereocenters. The molecule has 0 heterocycles. The van der Waals surface area contributed by atoms with Crippen LogP contribution in [0, 0.1) is 18.8 Å². The van der Waals surface area contributed by atoms with Gasteiger partial charge in [0.05, 0.1) is 12.1 Å². The first-order chi connectivity index (χ1) is 7.15. The smallest absolute Gasteiger partial charge is 0.336 e. The number of carbonyl (C=O) groups is 1. The van der Waals surface area contributed by atoms with Gasteiger partial charge in [0.15, 0.2) is 0 Å². The normalized spacial score (nSPS) is 9.20. The average molecular weight is 203 g/mol. The van der Waals surface area contributed by atoms with Crippen LogP contribution in [-0.2, 0) is 0 Å². The van der Waals surface area contributed by atoms with E-state index in [9.17, 15) is 4.79 Å². The predicted molar refractivity (Wildman–Crippen MR) is 58.9 cm³/mol. The number of carboxylic acids is 1. The summed E-state index contributed by atoms with van der Waals surface area (Å²) in [5, 5.41) is 11.8. The minimum atomic E-state index is -0.941. The molecule has 0 amide bonds. The van der Waals surface area contributed by atoms with E-state index in [0.29, 0.717) is 12.1 Å². The van der Waals surface area contributed by atoms with Gasteiger partial charge >= 0.3 is 5.97 Å². The van der Waals surface area contributed by atoms with Crippen molar-refractivity contribution in [1.29, 1.82) is 0 Å². The van der Waals surface area contributed by atoms with E-state index in [-0.39, 0.29) is 5.56 Å². The number of hydrogen-bond acceptors (Lipinski definition) is 2. The summed E-state index contributed by atoms with van der Waals surface area (Å²) in [4.78, 5) is 10.9. The molecule has 0 radical (unpaired) electrons. The van der Waals surface area contributed by atoms with E-state index in [1.54, 1.807) is 25.2 Å². The Morgan fingerprint density at radius 3 is 2.87 bits per heavy atom. The van der Waals surface area contributed by atoms with Crippen LogP contribution in [0.3, 0.4) is 0 Å². The Labute approximate surface area is 89.1 Å². The molecule has 2 N–H and O–H groups in total. The highest BCUT2D eigenvalue weighted by Crippen LogP contribution is 2.10. The fourth-order valence-electron chi connectivity index (χ4n) is 1.18. The summed E-state index contributed by atoms with van der Waals surface area (Å²) in [6.45, 7) is 2.46. The van der Waals surface area contributed by atoms with E-state index < -0.39 is 5.97 Å². The average Bonchev–Trinajstić information content (AvgIpc) is 2.18. The summed E-state index contributed by atoms with van der Waals surface area (Å²) in [7, 11) is 1.79. The standard InChI is InChI=1S/C12H13NO2/c1-9-5-6-11(12(14)15)10(8-9)4-3-7-13-2/h5-6,8,13H,7H2,1-2H3,(H,14,15). The molecule has 15 heavy (non-hydrogen) atoms. The molecule has 0 saturated heterocycles. The summed E-state index contributed by atoms with van der Waals surface area (Å²) >= 11 is 0. The molecular formula is C12H13NO2. The van der Waals surface area contributed by atoms with Gasteiger partial charge in [0.25, 0.3) is 0 Å².